The van der Waals surface area contributed by atoms with Gasteiger partial charge in [-0.05, 0) is 32.9 Å². The fourth-order valence-corrected chi connectivity index (χ4v) is 3.54. The van der Waals surface area contributed by atoms with Crippen LogP contribution in [-0.2, 0) is 43.8 Å². The molecule has 0 aromatic carbocycles. The molecule has 178 valence electrons. The molecular formula is C17H26N5O9P. The number of aromatic nitrogens is 3. The molecule has 0 amide bonds. The van der Waals surface area contributed by atoms with E-state index in [9.17, 15) is 14.2 Å². The van der Waals surface area contributed by atoms with Crippen molar-refractivity contribution in [3.63, 3.8) is 0 Å². The lowest BCUT2D eigenvalue weighted by molar-refractivity contribution is -0.135. The highest BCUT2D eigenvalue weighted by molar-refractivity contribution is 7.53. The summed E-state index contributed by atoms with van der Waals surface area (Å²) in [5.41, 5.74) is 12.8. The summed E-state index contributed by atoms with van der Waals surface area (Å²) in [5, 5.41) is 4.12. The standard InChI is InChI=1S/C17H26N5O9P/c1-11(2)31-17(24)27-9-30-32(25,29-8-26-7-23)10-28-12(3)6-13-4-5-14-15(18)20-16(19)21-22(13)14/h4-5,7,11-12H,6,8-10H2,1-3H3,(H4,18,19,20,21). The molecule has 0 saturated carbocycles. The smallest absolute Gasteiger partial charge is 0.440 e. The van der Waals surface area contributed by atoms with Gasteiger partial charge < -0.3 is 30.4 Å². The first kappa shape index (κ1) is 25.3. The highest BCUT2D eigenvalue weighted by atomic mass is 31.2. The van der Waals surface area contributed by atoms with Crippen molar-refractivity contribution in [3.8, 4) is 0 Å². The largest absolute Gasteiger partial charge is 0.510 e. The molecule has 2 unspecified atom stereocenters. The molecule has 2 rings (SSSR count). The van der Waals surface area contributed by atoms with Crippen molar-refractivity contribution in [1.29, 1.82) is 0 Å². The lowest BCUT2D eigenvalue weighted by atomic mass is 10.2. The molecule has 15 heteroatoms. The van der Waals surface area contributed by atoms with E-state index in [-0.39, 0.29) is 18.2 Å². The molecule has 0 aliphatic carbocycles. The summed E-state index contributed by atoms with van der Waals surface area (Å²) in [6.45, 7) is 3.72. The van der Waals surface area contributed by atoms with Gasteiger partial charge in [-0.25, -0.2) is 9.31 Å². The number of carbonyl (C=O) groups is 2. The van der Waals surface area contributed by atoms with Gasteiger partial charge >= 0.3 is 13.8 Å². The van der Waals surface area contributed by atoms with Crippen LogP contribution in [0.2, 0.25) is 0 Å². The van der Waals surface area contributed by atoms with E-state index in [0.29, 0.717) is 17.6 Å². The number of nitrogens with two attached hydrogens (primary N) is 2. The van der Waals surface area contributed by atoms with Gasteiger partial charge in [-0.2, -0.15) is 4.98 Å². The maximum Gasteiger partial charge on any atom is 0.510 e. The molecule has 2 heterocycles. The zero-order valence-corrected chi connectivity index (χ0v) is 18.7. The summed E-state index contributed by atoms with van der Waals surface area (Å²) in [4.78, 5) is 25.6. The monoisotopic (exact) mass is 475 g/mol. The summed E-state index contributed by atoms with van der Waals surface area (Å²) in [6.07, 6.45) is -2.07. The second-order valence-corrected chi connectivity index (χ2v) is 8.71. The highest BCUT2D eigenvalue weighted by Gasteiger charge is 2.28. The first-order chi connectivity index (χ1) is 15.1. The van der Waals surface area contributed by atoms with Crippen LogP contribution in [0, 0.1) is 0 Å². The maximum atomic E-state index is 12.8. The van der Waals surface area contributed by atoms with E-state index in [1.54, 1.807) is 32.9 Å². The van der Waals surface area contributed by atoms with Crippen molar-refractivity contribution in [2.75, 3.05) is 31.4 Å². The first-order valence-corrected chi connectivity index (χ1v) is 11.1. The Hall–Kier alpha value is -2.93. The number of rotatable bonds is 13. The van der Waals surface area contributed by atoms with E-state index < -0.39 is 45.9 Å². The van der Waals surface area contributed by atoms with Crippen LogP contribution < -0.4 is 11.5 Å². The van der Waals surface area contributed by atoms with Crippen LogP contribution in [0.5, 0.6) is 0 Å². The van der Waals surface area contributed by atoms with E-state index in [1.807, 2.05) is 0 Å². The van der Waals surface area contributed by atoms with E-state index in [2.05, 4.69) is 19.6 Å². The van der Waals surface area contributed by atoms with Gasteiger partial charge in [-0.3, -0.25) is 18.4 Å². The van der Waals surface area contributed by atoms with E-state index >= 15 is 0 Å². The third-order valence-corrected chi connectivity index (χ3v) is 5.25. The molecule has 0 spiro atoms. The van der Waals surface area contributed by atoms with Gasteiger partial charge in [0.05, 0.1) is 12.2 Å². The third-order valence-electron chi connectivity index (χ3n) is 3.79. The predicted molar refractivity (Wildman–Crippen MR) is 110 cm³/mol. The lowest BCUT2D eigenvalue weighted by Crippen LogP contribution is -2.18. The molecule has 0 saturated heterocycles. The average molecular weight is 475 g/mol. The SMILES string of the molecule is CC(C)OC(=O)OCOP(=O)(COC(C)Cc1ccc2c(N)nc(N)nn12)OCOC=O. The van der Waals surface area contributed by atoms with Gasteiger partial charge in [0.1, 0.15) is 11.9 Å². The minimum absolute atomic E-state index is 0.0125. The van der Waals surface area contributed by atoms with Gasteiger partial charge in [-0.15, -0.1) is 5.10 Å². The fraction of sp³-hybridized carbons (Fsp3) is 0.529. The molecule has 4 N–H and O–H groups in total. The van der Waals surface area contributed by atoms with Gasteiger partial charge in [0.25, 0.3) is 6.47 Å². The quantitative estimate of drug-likeness (QED) is 0.140. The second-order valence-electron chi connectivity index (χ2n) is 6.72. The molecule has 2 aromatic heterocycles. The van der Waals surface area contributed by atoms with Crippen LogP contribution in [0.1, 0.15) is 26.5 Å². The number of nitrogens with zero attached hydrogens (tertiary/aromatic N) is 3. The Morgan fingerprint density at radius 1 is 1.22 bits per heavy atom. The molecule has 2 aromatic rings. The number of nitrogen functional groups attached to an aromatic ring is 2. The number of fused-ring (bicyclic) bond motifs is 1. The molecule has 14 nitrogen and oxygen atoms in total. The second kappa shape index (κ2) is 11.6. The highest BCUT2D eigenvalue weighted by Crippen LogP contribution is 2.48. The molecule has 0 fully saturated rings. The van der Waals surface area contributed by atoms with Crippen molar-refractivity contribution in [1.82, 2.24) is 14.6 Å². The van der Waals surface area contributed by atoms with Gasteiger partial charge in [0.2, 0.25) is 19.5 Å². The third kappa shape index (κ3) is 7.64. The zero-order chi connectivity index (χ0) is 23.7. The van der Waals surface area contributed by atoms with Crippen LogP contribution in [-0.4, -0.2) is 59.4 Å². The van der Waals surface area contributed by atoms with Crippen LogP contribution in [0.3, 0.4) is 0 Å². The number of anilines is 2. The van der Waals surface area contributed by atoms with E-state index in [1.165, 1.54) is 4.52 Å². The van der Waals surface area contributed by atoms with Gasteiger partial charge in [0.15, 0.2) is 5.82 Å². The Bertz CT molecular complexity index is 967. The lowest BCUT2D eigenvalue weighted by Gasteiger charge is -2.20. The number of hydrogen-bond donors (Lipinski definition) is 2. The summed E-state index contributed by atoms with van der Waals surface area (Å²) >= 11 is 0. The Balaban J connectivity index is 1.96. The number of hydrogen-bond acceptors (Lipinski definition) is 13. The molecule has 0 aliphatic heterocycles. The Morgan fingerprint density at radius 3 is 2.62 bits per heavy atom. The molecule has 0 aliphatic rings. The first-order valence-electron chi connectivity index (χ1n) is 9.41. The van der Waals surface area contributed by atoms with Crippen molar-refractivity contribution in [2.24, 2.45) is 0 Å². The minimum Gasteiger partial charge on any atom is -0.440 e. The van der Waals surface area contributed by atoms with E-state index in [0.717, 1.165) is 0 Å². The van der Waals surface area contributed by atoms with Crippen LogP contribution in [0.25, 0.3) is 5.52 Å². The minimum atomic E-state index is -3.96. The van der Waals surface area contributed by atoms with Crippen molar-refractivity contribution < 1.29 is 42.1 Å². The molecule has 2 atom stereocenters. The average Bonchev–Trinajstić information content (AvgIpc) is 3.09. The summed E-state index contributed by atoms with van der Waals surface area (Å²) < 4.78 is 43.8. The normalized spacial score (nSPS) is 14.1. The Labute approximate surface area is 183 Å². The number of carbonyl (C=O) groups excluding carboxylic acids is 2. The van der Waals surface area contributed by atoms with Crippen LogP contribution >= 0.6 is 7.60 Å². The molecule has 32 heavy (non-hydrogen) atoms. The van der Waals surface area contributed by atoms with E-state index in [4.69, 9.17) is 30.0 Å². The topological polar surface area (TPSA) is 189 Å². The maximum absolute atomic E-state index is 12.8. The number of ether oxygens (including phenoxy) is 4. The van der Waals surface area contributed by atoms with Gasteiger partial charge in [-0.1, -0.05) is 0 Å². The Kier molecular flexibility index (Phi) is 9.20. The summed E-state index contributed by atoms with van der Waals surface area (Å²) in [6, 6.07) is 3.51. The fourth-order valence-electron chi connectivity index (χ4n) is 2.45. The summed E-state index contributed by atoms with van der Waals surface area (Å²) in [7, 11) is -3.96. The van der Waals surface area contributed by atoms with Crippen molar-refractivity contribution in [3.05, 3.63) is 17.8 Å². The molecule has 0 bridgehead atoms. The van der Waals surface area contributed by atoms with Crippen molar-refractivity contribution in [2.45, 2.75) is 39.4 Å². The zero-order valence-electron chi connectivity index (χ0n) is 17.8. The van der Waals surface area contributed by atoms with Crippen molar-refractivity contribution >= 4 is 37.5 Å². The summed E-state index contributed by atoms with van der Waals surface area (Å²) in [5.74, 6) is 0.244. The molecular weight excluding hydrogens is 449 g/mol. The Morgan fingerprint density at radius 2 is 1.94 bits per heavy atom. The van der Waals surface area contributed by atoms with Crippen LogP contribution in [0.15, 0.2) is 12.1 Å². The van der Waals surface area contributed by atoms with Crippen LogP contribution in [0.4, 0.5) is 16.6 Å². The van der Waals surface area contributed by atoms with Gasteiger partial charge in [0, 0.05) is 12.1 Å². The molecule has 0 radical (unpaired) electrons. The predicted octanol–water partition coefficient (Wildman–Crippen LogP) is 1.67.